The molecule has 0 unspecified atom stereocenters. The first-order chi connectivity index (χ1) is 11.9. The van der Waals surface area contributed by atoms with Gasteiger partial charge in [-0.15, -0.1) is 0 Å². The van der Waals surface area contributed by atoms with Crippen LogP contribution in [0.25, 0.3) is 0 Å². The van der Waals surface area contributed by atoms with Crippen LogP contribution in [0, 0.1) is 18.3 Å². The number of hydrogen-bond donors (Lipinski definition) is 0. The number of benzene rings is 1. The first-order valence-corrected chi connectivity index (χ1v) is 9.14. The molecule has 1 aromatic heterocycles. The third-order valence-electron chi connectivity index (χ3n) is 3.69. The van der Waals surface area contributed by atoms with Crippen LogP contribution < -0.4 is 4.74 Å². The Morgan fingerprint density at radius 3 is 2.80 bits per heavy atom. The number of hydrogen-bond acceptors (Lipinski definition) is 5. The molecule has 0 N–H and O–H groups in total. The molecule has 2 rings (SSSR count). The topological polar surface area (TPSA) is 61.5 Å². The minimum absolute atomic E-state index is 0.160. The van der Waals surface area contributed by atoms with Crippen molar-refractivity contribution >= 4 is 35.2 Å². The molecule has 132 valence electrons. The normalized spacial score (nSPS) is 11.1. The molecular weight excluding hydrogens is 356 g/mol. The third kappa shape index (κ3) is 4.50. The quantitative estimate of drug-likeness (QED) is 0.493. The second-order valence-electron chi connectivity index (χ2n) is 5.99. The molecule has 1 aromatic carbocycles. The monoisotopic (exact) mass is 376 g/mol. The van der Waals surface area contributed by atoms with Crippen molar-refractivity contribution in [3.05, 3.63) is 34.0 Å². The molecule has 1 heterocycles. The van der Waals surface area contributed by atoms with E-state index in [4.69, 9.17) is 16.3 Å². The maximum atomic E-state index is 9.41. The highest BCUT2D eigenvalue weighted by Crippen LogP contribution is 2.39. The lowest BCUT2D eigenvalue weighted by atomic mass is 10.1. The molecule has 0 bridgehead atoms. The number of nitrogens with zero attached hydrogens (tertiary/aromatic N) is 4. The Hall–Kier alpha value is -2.10. The highest BCUT2D eigenvalue weighted by molar-refractivity contribution is 7.08. The zero-order valence-electron chi connectivity index (χ0n) is 15.0. The molecule has 25 heavy (non-hydrogen) atoms. The molecule has 2 aromatic rings. The van der Waals surface area contributed by atoms with Gasteiger partial charge < -0.3 is 9.64 Å². The van der Waals surface area contributed by atoms with Gasteiger partial charge in [-0.2, -0.15) is 9.64 Å². The van der Waals surface area contributed by atoms with Crippen molar-refractivity contribution in [3.63, 3.8) is 0 Å². The van der Waals surface area contributed by atoms with Crippen LogP contribution >= 0.6 is 23.1 Å². The van der Waals surface area contributed by atoms with E-state index >= 15 is 0 Å². The van der Waals surface area contributed by atoms with Crippen molar-refractivity contribution in [1.29, 1.82) is 5.26 Å². The first-order valence-electron chi connectivity index (χ1n) is 7.99. The minimum Gasteiger partial charge on any atom is -0.442 e. The van der Waals surface area contributed by atoms with Gasteiger partial charge in [0, 0.05) is 25.1 Å². The molecule has 0 saturated carbocycles. The molecule has 0 radical (unpaired) electrons. The number of rotatable bonds is 6. The minimum atomic E-state index is 0.160. The van der Waals surface area contributed by atoms with E-state index in [-0.39, 0.29) is 5.92 Å². The largest absolute Gasteiger partial charge is 0.442 e. The third-order valence-corrected chi connectivity index (χ3v) is 4.73. The van der Waals surface area contributed by atoms with Crippen LogP contribution in [0.1, 0.15) is 43.5 Å². The highest BCUT2D eigenvalue weighted by atomic mass is 35.5. The first kappa shape index (κ1) is 19.2. The molecule has 0 atom stereocenters. The standard InChI is InChI=1S/C18H21ClN4OS/c1-6-23(5)10-21-15-8-14(19)16(7-12(15)4)24-18-13(9-20)17(11(2)3)22-25-18/h7-8,10-11H,6H2,1-5H3/b21-10-. The number of aromatic nitrogens is 1. The Bertz CT molecular complexity index is 823. The molecule has 5 nitrogen and oxygen atoms in total. The summed E-state index contributed by atoms with van der Waals surface area (Å²) in [4.78, 5) is 6.42. The summed E-state index contributed by atoms with van der Waals surface area (Å²) >= 11 is 7.52. The number of nitriles is 1. The van der Waals surface area contributed by atoms with Crippen molar-refractivity contribution in [1.82, 2.24) is 9.27 Å². The van der Waals surface area contributed by atoms with Gasteiger partial charge in [-0.1, -0.05) is 25.4 Å². The Morgan fingerprint density at radius 2 is 2.20 bits per heavy atom. The molecule has 0 saturated heterocycles. The van der Waals surface area contributed by atoms with E-state index in [1.807, 2.05) is 38.8 Å². The van der Waals surface area contributed by atoms with Crippen molar-refractivity contribution in [2.24, 2.45) is 4.99 Å². The SMILES string of the molecule is CCN(C)/C=N\c1cc(Cl)c(Oc2snc(C(C)C)c2C#N)cc1C. The maximum Gasteiger partial charge on any atom is 0.218 e. The van der Waals surface area contributed by atoms with E-state index in [0.29, 0.717) is 21.4 Å². The Balaban J connectivity index is 2.32. The van der Waals surface area contributed by atoms with Crippen LogP contribution in [0.3, 0.4) is 0 Å². The maximum absolute atomic E-state index is 9.41. The van der Waals surface area contributed by atoms with Crippen LogP contribution in [0.4, 0.5) is 5.69 Å². The average Bonchev–Trinajstić information content (AvgIpc) is 2.99. The number of aliphatic imine (C=N–C) groups is 1. The number of halogens is 1. The van der Waals surface area contributed by atoms with Crippen LogP contribution in [0.5, 0.6) is 10.8 Å². The lowest BCUT2D eigenvalue weighted by Gasteiger charge is -2.11. The molecule has 0 spiro atoms. The fourth-order valence-corrected chi connectivity index (χ4v) is 3.11. The number of ether oxygens (including phenoxy) is 1. The summed E-state index contributed by atoms with van der Waals surface area (Å²) in [6, 6.07) is 5.78. The van der Waals surface area contributed by atoms with Crippen molar-refractivity contribution in [2.45, 2.75) is 33.6 Å². The predicted octanol–water partition coefficient (Wildman–Crippen LogP) is 5.50. The Kier molecular flexibility index (Phi) is 6.40. The van der Waals surface area contributed by atoms with Crippen LogP contribution in [0.2, 0.25) is 5.02 Å². The zero-order chi connectivity index (χ0) is 18.6. The second kappa shape index (κ2) is 8.32. The summed E-state index contributed by atoms with van der Waals surface area (Å²) in [5.41, 5.74) is 2.94. The lowest BCUT2D eigenvalue weighted by Crippen LogP contribution is -2.14. The Morgan fingerprint density at radius 1 is 1.48 bits per heavy atom. The van der Waals surface area contributed by atoms with E-state index in [0.717, 1.165) is 23.5 Å². The number of aryl methyl sites for hydroxylation is 1. The molecule has 0 aliphatic carbocycles. The summed E-state index contributed by atoms with van der Waals surface area (Å²) < 4.78 is 10.2. The predicted molar refractivity (Wildman–Crippen MR) is 104 cm³/mol. The summed E-state index contributed by atoms with van der Waals surface area (Å²) in [5.74, 6) is 0.658. The molecule has 7 heteroatoms. The zero-order valence-corrected chi connectivity index (χ0v) is 16.6. The van der Waals surface area contributed by atoms with Crippen molar-refractivity contribution < 1.29 is 4.74 Å². The summed E-state index contributed by atoms with van der Waals surface area (Å²) in [5, 5.41) is 10.3. The second-order valence-corrected chi connectivity index (χ2v) is 7.13. The summed E-state index contributed by atoms with van der Waals surface area (Å²) in [7, 11) is 1.96. The molecular formula is C18H21ClN4OS. The van der Waals surface area contributed by atoms with Crippen LogP contribution in [-0.2, 0) is 0 Å². The van der Waals surface area contributed by atoms with E-state index in [1.165, 1.54) is 11.5 Å². The molecule has 0 aliphatic rings. The smallest absolute Gasteiger partial charge is 0.218 e. The van der Waals surface area contributed by atoms with E-state index in [2.05, 4.69) is 22.4 Å². The van der Waals surface area contributed by atoms with Gasteiger partial charge in [-0.3, -0.25) is 0 Å². The molecule has 0 aliphatic heterocycles. The highest BCUT2D eigenvalue weighted by Gasteiger charge is 2.19. The lowest BCUT2D eigenvalue weighted by molar-refractivity contribution is 0.494. The van der Waals surface area contributed by atoms with Crippen LogP contribution in [0.15, 0.2) is 17.1 Å². The van der Waals surface area contributed by atoms with E-state index in [1.54, 1.807) is 12.4 Å². The van der Waals surface area contributed by atoms with Gasteiger partial charge in [0.15, 0.2) is 0 Å². The fourth-order valence-electron chi connectivity index (χ4n) is 2.06. The molecule has 0 amide bonds. The summed E-state index contributed by atoms with van der Waals surface area (Å²) in [6.45, 7) is 8.86. The fraction of sp³-hybridized carbons (Fsp3) is 0.389. The summed E-state index contributed by atoms with van der Waals surface area (Å²) in [6.07, 6.45) is 1.77. The van der Waals surface area contributed by atoms with Gasteiger partial charge in [0.25, 0.3) is 0 Å². The van der Waals surface area contributed by atoms with E-state index < -0.39 is 0 Å². The van der Waals surface area contributed by atoms with Gasteiger partial charge in [0.05, 0.1) is 22.7 Å². The van der Waals surface area contributed by atoms with Gasteiger partial charge in [0.1, 0.15) is 17.4 Å². The van der Waals surface area contributed by atoms with Gasteiger partial charge in [-0.25, -0.2) is 4.99 Å². The van der Waals surface area contributed by atoms with Gasteiger partial charge in [-0.05, 0) is 37.5 Å². The van der Waals surface area contributed by atoms with Crippen LogP contribution in [-0.4, -0.2) is 29.2 Å². The van der Waals surface area contributed by atoms with Crippen molar-refractivity contribution in [3.8, 4) is 16.9 Å². The van der Waals surface area contributed by atoms with E-state index in [9.17, 15) is 5.26 Å². The van der Waals surface area contributed by atoms with Gasteiger partial charge in [0.2, 0.25) is 5.06 Å². The average molecular weight is 377 g/mol. The van der Waals surface area contributed by atoms with Crippen molar-refractivity contribution in [2.75, 3.05) is 13.6 Å². The van der Waals surface area contributed by atoms with Gasteiger partial charge >= 0.3 is 0 Å². The Labute approximate surface area is 157 Å². The molecule has 0 fully saturated rings.